The maximum absolute atomic E-state index is 12.2. The van der Waals surface area contributed by atoms with Crippen LogP contribution >= 0.6 is 11.8 Å². The fourth-order valence-corrected chi connectivity index (χ4v) is 3.66. The number of nitrogens with one attached hydrogen (secondary N) is 2. The zero-order chi connectivity index (χ0) is 15.5. The van der Waals surface area contributed by atoms with Crippen molar-refractivity contribution in [1.29, 1.82) is 0 Å². The van der Waals surface area contributed by atoms with Crippen LogP contribution in [-0.2, 0) is 11.2 Å². The quantitative estimate of drug-likeness (QED) is 0.832. The molecule has 1 aliphatic carbocycles. The van der Waals surface area contributed by atoms with Gasteiger partial charge in [-0.3, -0.25) is 9.89 Å². The second kappa shape index (κ2) is 6.52. The monoisotopic (exact) mass is 316 g/mol. The molecule has 22 heavy (non-hydrogen) atoms. The lowest BCUT2D eigenvalue weighted by Crippen LogP contribution is -2.30. The Hall–Kier alpha value is -1.82. The fraction of sp³-hybridized carbons (Fsp3) is 0.438. The van der Waals surface area contributed by atoms with Gasteiger partial charge in [-0.1, -0.05) is 43.0 Å². The third-order valence-electron chi connectivity index (χ3n) is 3.95. The number of nitrogens with zero attached hydrogens (tertiary/aromatic N) is 2. The summed E-state index contributed by atoms with van der Waals surface area (Å²) in [6.45, 7) is 4.05. The van der Waals surface area contributed by atoms with Gasteiger partial charge in [0.2, 0.25) is 11.1 Å². The van der Waals surface area contributed by atoms with Gasteiger partial charge in [0.25, 0.3) is 0 Å². The molecule has 0 saturated heterocycles. The number of fused-ring (bicyclic) bond motifs is 1. The molecule has 0 fully saturated rings. The summed E-state index contributed by atoms with van der Waals surface area (Å²) in [5, 5.41) is 10.7. The average molecular weight is 316 g/mol. The molecule has 2 aromatic rings. The van der Waals surface area contributed by atoms with E-state index in [1.165, 1.54) is 22.9 Å². The number of amides is 1. The minimum atomic E-state index is 0.0910. The van der Waals surface area contributed by atoms with Crippen molar-refractivity contribution in [3.63, 3.8) is 0 Å². The van der Waals surface area contributed by atoms with Crippen molar-refractivity contribution in [2.45, 2.75) is 37.9 Å². The smallest absolute Gasteiger partial charge is 0.221 e. The SMILES string of the molecule is Cc1nc(SCCC(=O)N[C@@H]2c3ccccc3C[C@H]2C)n[nH]1. The topological polar surface area (TPSA) is 70.7 Å². The highest BCUT2D eigenvalue weighted by Crippen LogP contribution is 2.35. The van der Waals surface area contributed by atoms with E-state index in [2.05, 4.69) is 45.6 Å². The van der Waals surface area contributed by atoms with E-state index in [0.717, 1.165) is 12.2 Å². The van der Waals surface area contributed by atoms with Gasteiger partial charge in [-0.15, -0.1) is 5.10 Å². The van der Waals surface area contributed by atoms with Crippen LogP contribution < -0.4 is 5.32 Å². The minimum absolute atomic E-state index is 0.0910. The van der Waals surface area contributed by atoms with E-state index < -0.39 is 0 Å². The maximum atomic E-state index is 12.2. The van der Waals surface area contributed by atoms with E-state index in [-0.39, 0.29) is 11.9 Å². The number of carbonyl (C=O) groups is 1. The Labute approximate surface area is 134 Å². The lowest BCUT2D eigenvalue weighted by molar-refractivity contribution is -0.121. The van der Waals surface area contributed by atoms with Gasteiger partial charge in [0.15, 0.2) is 0 Å². The van der Waals surface area contributed by atoms with Crippen molar-refractivity contribution in [2.75, 3.05) is 5.75 Å². The van der Waals surface area contributed by atoms with Crippen LogP contribution in [0.1, 0.15) is 36.3 Å². The maximum Gasteiger partial charge on any atom is 0.221 e. The van der Waals surface area contributed by atoms with Gasteiger partial charge in [0.05, 0.1) is 6.04 Å². The molecule has 1 aliphatic rings. The van der Waals surface area contributed by atoms with Crippen molar-refractivity contribution in [3.05, 3.63) is 41.2 Å². The van der Waals surface area contributed by atoms with E-state index in [1.807, 2.05) is 13.0 Å². The zero-order valence-electron chi connectivity index (χ0n) is 12.8. The largest absolute Gasteiger partial charge is 0.349 e. The molecule has 0 radical (unpaired) electrons. The van der Waals surface area contributed by atoms with Crippen molar-refractivity contribution in [1.82, 2.24) is 20.5 Å². The Bertz CT molecular complexity index is 670. The summed E-state index contributed by atoms with van der Waals surface area (Å²) < 4.78 is 0. The van der Waals surface area contributed by atoms with E-state index in [1.54, 1.807) is 0 Å². The van der Waals surface area contributed by atoms with Crippen molar-refractivity contribution >= 4 is 17.7 Å². The van der Waals surface area contributed by atoms with Gasteiger partial charge in [0, 0.05) is 12.2 Å². The van der Waals surface area contributed by atoms with Gasteiger partial charge >= 0.3 is 0 Å². The molecule has 1 heterocycles. The number of hydrogen-bond acceptors (Lipinski definition) is 4. The summed E-state index contributed by atoms with van der Waals surface area (Å²) in [6, 6.07) is 8.51. The summed E-state index contributed by atoms with van der Waals surface area (Å²) in [7, 11) is 0. The summed E-state index contributed by atoms with van der Waals surface area (Å²) in [4.78, 5) is 16.4. The first-order valence-corrected chi connectivity index (χ1v) is 8.51. The molecule has 2 N–H and O–H groups in total. The number of aromatic nitrogens is 3. The molecule has 2 atom stereocenters. The van der Waals surface area contributed by atoms with E-state index in [4.69, 9.17) is 0 Å². The molecule has 0 bridgehead atoms. The van der Waals surface area contributed by atoms with Crippen LogP contribution in [0.2, 0.25) is 0 Å². The van der Waals surface area contributed by atoms with Crippen molar-refractivity contribution in [2.24, 2.45) is 5.92 Å². The Morgan fingerprint density at radius 1 is 1.45 bits per heavy atom. The molecule has 3 rings (SSSR count). The van der Waals surface area contributed by atoms with E-state index in [9.17, 15) is 4.79 Å². The molecular weight excluding hydrogens is 296 g/mol. The first kappa shape index (κ1) is 15.1. The number of thioether (sulfide) groups is 1. The predicted octanol–water partition coefficient (Wildman–Crippen LogP) is 2.65. The fourth-order valence-electron chi connectivity index (χ4n) is 2.88. The molecule has 0 unspecified atom stereocenters. The number of aryl methyl sites for hydroxylation is 1. The van der Waals surface area contributed by atoms with Crippen LogP contribution in [0, 0.1) is 12.8 Å². The Morgan fingerprint density at radius 3 is 3.05 bits per heavy atom. The zero-order valence-corrected chi connectivity index (χ0v) is 13.6. The standard InChI is InChI=1S/C16H20N4OS/c1-10-9-12-5-3-4-6-13(12)15(10)18-14(21)7-8-22-16-17-11(2)19-20-16/h3-6,10,15H,7-9H2,1-2H3,(H,18,21)(H,17,19,20)/t10-,15+/m1/s1. The normalized spacial score (nSPS) is 19.9. The second-order valence-electron chi connectivity index (χ2n) is 5.73. The van der Waals surface area contributed by atoms with Crippen LogP contribution in [0.4, 0.5) is 0 Å². The van der Waals surface area contributed by atoms with Crippen molar-refractivity contribution in [3.8, 4) is 0 Å². The molecule has 0 saturated carbocycles. The van der Waals surface area contributed by atoms with Gasteiger partial charge < -0.3 is 5.32 Å². The summed E-state index contributed by atoms with van der Waals surface area (Å²) in [5.74, 6) is 2.02. The number of aromatic amines is 1. The lowest BCUT2D eigenvalue weighted by atomic mass is 10.0. The number of H-pyrrole nitrogens is 1. The number of carbonyl (C=O) groups excluding carboxylic acids is 1. The van der Waals surface area contributed by atoms with Crippen LogP contribution in [0.5, 0.6) is 0 Å². The Kier molecular flexibility index (Phi) is 4.47. The van der Waals surface area contributed by atoms with Gasteiger partial charge in [-0.25, -0.2) is 4.98 Å². The summed E-state index contributed by atoms with van der Waals surface area (Å²) in [5.41, 5.74) is 2.62. The summed E-state index contributed by atoms with van der Waals surface area (Å²) >= 11 is 1.50. The number of benzene rings is 1. The van der Waals surface area contributed by atoms with Crippen LogP contribution in [0.3, 0.4) is 0 Å². The molecule has 1 aromatic heterocycles. The first-order valence-electron chi connectivity index (χ1n) is 7.52. The highest BCUT2D eigenvalue weighted by atomic mass is 32.2. The lowest BCUT2D eigenvalue weighted by Gasteiger charge is -2.18. The second-order valence-corrected chi connectivity index (χ2v) is 6.79. The molecule has 0 spiro atoms. The number of rotatable bonds is 5. The molecule has 6 heteroatoms. The van der Waals surface area contributed by atoms with Gasteiger partial charge in [-0.2, -0.15) is 0 Å². The van der Waals surface area contributed by atoms with Gasteiger partial charge in [-0.05, 0) is 30.4 Å². The molecule has 0 aliphatic heterocycles. The highest BCUT2D eigenvalue weighted by molar-refractivity contribution is 7.99. The average Bonchev–Trinajstić information content (AvgIpc) is 3.03. The third-order valence-corrected chi connectivity index (χ3v) is 4.80. The first-order chi connectivity index (χ1) is 10.6. The van der Waals surface area contributed by atoms with Crippen LogP contribution in [0.25, 0.3) is 0 Å². The van der Waals surface area contributed by atoms with Crippen molar-refractivity contribution < 1.29 is 4.79 Å². The van der Waals surface area contributed by atoms with E-state index in [0.29, 0.717) is 23.2 Å². The van der Waals surface area contributed by atoms with Crippen LogP contribution in [-0.4, -0.2) is 26.8 Å². The molecule has 1 aromatic carbocycles. The Morgan fingerprint density at radius 2 is 2.27 bits per heavy atom. The summed E-state index contributed by atoms with van der Waals surface area (Å²) in [6.07, 6.45) is 1.51. The molecule has 1 amide bonds. The predicted molar refractivity (Wildman–Crippen MR) is 86.7 cm³/mol. The minimum Gasteiger partial charge on any atom is -0.349 e. The molecular formula is C16H20N4OS. The van der Waals surface area contributed by atoms with E-state index >= 15 is 0 Å². The molecule has 116 valence electrons. The Balaban J connectivity index is 1.51. The third kappa shape index (κ3) is 3.32. The van der Waals surface area contributed by atoms with Crippen LogP contribution in [0.15, 0.2) is 29.4 Å². The van der Waals surface area contributed by atoms with Gasteiger partial charge in [0.1, 0.15) is 5.82 Å². The molecule has 5 nitrogen and oxygen atoms in total. The highest BCUT2D eigenvalue weighted by Gasteiger charge is 2.29. The number of hydrogen-bond donors (Lipinski definition) is 2.